The summed E-state index contributed by atoms with van der Waals surface area (Å²) in [5.74, 6) is 0.0880. The highest BCUT2D eigenvalue weighted by molar-refractivity contribution is 4.72. The van der Waals surface area contributed by atoms with E-state index in [0.29, 0.717) is 6.42 Å². The summed E-state index contributed by atoms with van der Waals surface area (Å²) in [5, 5.41) is 17.8. The first-order chi connectivity index (χ1) is 4.59. The maximum atomic E-state index is 9.29. The van der Waals surface area contributed by atoms with Gasteiger partial charge in [-0.15, -0.1) is 0 Å². The van der Waals surface area contributed by atoms with Crippen LogP contribution in [0.25, 0.3) is 0 Å². The molecule has 10 heavy (non-hydrogen) atoms. The second-order valence-corrected chi connectivity index (χ2v) is 2.84. The maximum absolute atomic E-state index is 9.29. The largest absolute Gasteiger partial charge is 0.396 e. The smallest absolute Gasteiger partial charge is 0.0714 e. The van der Waals surface area contributed by atoms with Gasteiger partial charge in [-0.2, -0.15) is 0 Å². The van der Waals surface area contributed by atoms with Crippen molar-refractivity contribution in [2.24, 2.45) is 11.7 Å². The average Bonchev–Trinajstić information content (AvgIpc) is 1.87. The molecule has 0 aliphatic carbocycles. The van der Waals surface area contributed by atoms with E-state index in [1.54, 1.807) is 6.92 Å². The quantitative estimate of drug-likeness (QED) is 0.512. The maximum Gasteiger partial charge on any atom is 0.0714 e. The number of aliphatic hydroxyl groups excluding tert-OH is 2. The highest BCUT2D eigenvalue weighted by atomic mass is 16.3. The van der Waals surface area contributed by atoms with E-state index >= 15 is 0 Å². The van der Waals surface area contributed by atoms with Crippen LogP contribution in [0.3, 0.4) is 0 Å². The SMILES string of the molecule is CC(N)C(O)C(C)CCO. The van der Waals surface area contributed by atoms with Crippen LogP contribution < -0.4 is 5.73 Å². The van der Waals surface area contributed by atoms with Gasteiger partial charge in [0.05, 0.1) is 6.10 Å². The van der Waals surface area contributed by atoms with E-state index < -0.39 is 6.10 Å². The van der Waals surface area contributed by atoms with E-state index in [1.807, 2.05) is 6.92 Å². The molecular weight excluding hydrogens is 130 g/mol. The molecule has 0 spiro atoms. The zero-order chi connectivity index (χ0) is 8.15. The Morgan fingerprint density at radius 2 is 1.90 bits per heavy atom. The normalized spacial score (nSPS) is 20.1. The van der Waals surface area contributed by atoms with Crippen molar-refractivity contribution in [1.82, 2.24) is 0 Å². The monoisotopic (exact) mass is 147 g/mol. The molecule has 0 rings (SSSR count). The first-order valence-electron chi connectivity index (χ1n) is 3.64. The van der Waals surface area contributed by atoms with Gasteiger partial charge >= 0.3 is 0 Å². The molecule has 3 heteroatoms. The first-order valence-corrected chi connectivity index (χ1v) is 3.64. The number of rotatable bonds is 4. The third-order valence-corrected chi connectivity index (χ3v) is 1.71. The van der Waals surface area contributed by atoms with Crippen molar-refractivity contribution in [3.63, 3.8) is 0 Å². The van der Waals surface area contributed by atoms with Crippen LogP contribution in [0.4, 0.5) is 0 Å². The molecule has 0 saturated carbocycles. The Bertz CT molecular complexity index is 85.7. The second-order valence-electron chi connectivity index (χ2n) is 2.84. The van der Waals surface area contributed by atoms with Gasteiger partial charge in [0.2, 0.25) is 0 Å². The Kier molecular flexibility index (Phi) is 4.60. The highest BCUT2D eigenvalue weighted by Gasteiger charge is 2.16. The van der Waals surface area contributed by atoms with Crippen LogP contribution in [-0.4, -0.2) is 29.0 Å². The van der Waals surface area contributed by atoms with E-state index in [4.69, 9.17) is 10.8 Å². The van der Waals surface area contributed by atoms with Crippen molar-refractivity contribution in [1.29, 1.82) is 0 Å². The van der Waals surface area contributed by atoms with Crippen LogP contribution in [0.2, 0.25) is 0 Å². The molecule has 0 aliphatic heterocycles. The van der Waals surface area contributed by atoms with Crippen molar-refractivity contribution >= 4 is 0 Å². The molecule has 4 N–H and O–H groups in total. The standard InChI is InChI=1S/C7H17NO2/c1-5(3-4-9)7(10)6(2)8/h5-7,9-10H,3-4,8H2,1-2H3. The van der Waals surface area contributed by atoms with Gasteiger partial charge in [-0.05, 0) is 19.3 Å². The lowest BCUT2D eigenvalue weighted by atomic mass is 9.97. The van der Waals surface area contributed by atoms with Crippen molar-refractivity contribution in [3.05, 3.63) is 0 Å². The predicted octanol–water partition coefficient (Wildman–Crippen LogP) is -0.287. The Labute approximate surface area is 61.9 Å². The Morgan fingerprint density at radius 1 is 1.40 bits per heavy atom. The second kappa shape index (κ2) is 4.66. The van der Waals surface area contributed by atoms with Gasteiger partial charge in [0.25, 0.3) is 0 Å². The lowest BCUT2D eigenvalue weighted by molar-refractivity contribution is 0.0806. The average molecular weight is 147 g/mol. The lowest BCUT2D eigenvalue weighted by Crippen LogP contribution is -2.36. The third kappa shape index (κ3) is 3.15. The summed E-state index contributed by atoms with van der Waals surface area (Å²) in [5.41, 5.74) is 5.44. The fourth-order valence-corrected chi connectivity index (χ4v) is 0.893. The fourth-order valence-electron chi connectivity index (χ4n) is 0.893. The number of aliphatic hydroxyl groups is 2. The van der Waals surface area contributed by atoms with Gasteiger partial charge in [-0.25, -0.2) is 0 Å². The molecule has 0 aromatic heterocycles. The number of hydrogen-bond donors (Lipinski definition) is 3. The van der Waals surface area contributed by atoms with E-state index in [-0.39, 0.29) is 18.6 Å². The lowest BCUT2D eigenvalue weighted by Gasteiger charge is -2.20. The van der Waals surface area contributed by atoms with Crippen molar-refractivity contribution in [2.45, 2.75) is 32.4 Å². The van der Waals surface area contributed by atoms with Crippen molar-refractivity contribution in [2.75, 3.05) is 6.61 Å². The highest BCUT2D eigenvalue weighted by Crippen LogP contribution is 2.09. The number of hydrogen-bond acceptors (Lipinski definition) is 3. The van der Waals surface area contributed by atoms with Crippen LogP contribution in [0.1, 0.15) is 20.3 Å². The Morgan fingerprint density at radius 3 is 2.20 bits per heavy atom. The van der Waals surface area contributed by atoms with Gasteiger partial charge in [0.1, 0.15) is 0 Å². The zero-order valence-electron chi connectivity index (χ0n) is 6.62. The molecule has 3 unspecified atom stereocenters. The summed E-state index contributed by atoms with van der Waals surface area (Å²) in [7, 11) is 0. The van der Waals surface area contributed by atoms with Crippen LogP contribution in [0, 0.1) is 5.92 Å². The minimum absolute atomic E-state index is 0.0880. The third-order valence-electron chi connectivity index (χ3n) is 1.71. The van der Waals surface area contributed by atoms with Gasteiger partial charge in [-0.3, -0.25) is 0 Å². The summed E-state index contributed by atoms with van der Waals surface area (Å²) >= 11 is 0. The van der Waals surface area contributed by atoms with E-state index in [0.717, 1.165) is 0 Å². The first kappa shape index (κ1) is 9.88. The van der Waals surface area contributed by atoms with Crippen LogP contribution in [0.5, 0.6) is 0 Å². The summed E-state index contributed by atoms with van der Waals surface area (Å²) < 4.78 is 0. The molecule has 3 nitrogen and oxygen atoms in total. The minimum atomic E-state index is -0.493. The van der Waals surface area contributed by atoms with E-state index in [9.17, 15) is 5.11 Å². The number of nitrogens with two attached hydrogens (primary N) is 1. The van der Waals surface area contributed by atoms with Crippen molar-refractivity contribution < 1.29 is 10.2 Å². The molecule has 0 bridgehead atoms. The Hall–Kier alpha value is -0.120. The molecular formula is C7H17NO2. The topological polar surface area (TPSA) is 66.5 Å². The molecule has 0 aromatic rings. The van der Waals surface area contributed by atoms with E-state index in [2.05, 4.69) is 0 Å². The van der Waals surface area contributed by atoms with Crippen molar-refractivity contribution in [3.8, 4) is 0 Å². The van der Waals surface area contributed by atoms with Gasteiger partial charge < -0.3 is 15.9 Å². The molecule has 3 atom stereocenters. The molecule has 0 saturated heterocycles. The van der Waals surface area contributed by atoms with Gasteiger partial charge in [0, 0.05) is 12.6 Å². The predicted molar refractivity (Wildman–Crippen MR) is 40.5 cm³/mol. The molecule has 0 aromatic carbocycles. The summed E-state index contributed by atoms with van der Waals surface area (Å²) in [6.45, 7) is 3.76. The molecule has 0 fully saturated rings. The molecule has 0 amide bonds. The zero-order valence-corrected chi connectivity index (χ0v) is 6.62. The fraction of sp³-hybridized carbons (Fsp3) is 1.00. The summed E-state index contributed by atoms with van der Waals surface area (Å²) in [6.07, 6.45) is 0.120. The van der Waals surface area contributed by atoms with Crippen LogP contribution in [-0.2, 0) is 0 Å². The molecule has 0 heterocycles. The molecule has 62 valence electrons. The van der Waals surface area contributed by atoms with Crippen LogP contribution in [0.15, 0.2) is 0 Å². The minimum Gasteiger partial charge on any atom is -0.396 e. The summed E-state index contributed by atoms with van der Waals surface area (Å²) in [6, 6.07) is -0.207. The molecule has 0 aliphatic rings. The Balaban J connectivity index is 3.58. The van der Waals surface area contributed by atoms with Gasteiger partial charge in [0.15, 0.2) is 0 Å². The van der Waals surface area contributed by atoms with Gasteiger partial charge in [-0.1, -0.05) is 6.92 Å². The van der Waals surface area contributed by atoms with Crippen LogP contribution >= 0.6 is 0 Å². The molecule has 0 radical (unpaired) electrons. The van der Waals surface area contributed by atoms with E-state index in [1.165, 1.54) is 0 Å². The summed E-state index contributed by atoms with van der Waals surface area (Å²) in [4.78, 5) is 0.